The van der Waals surface area contributed by atoms with Crippen LogP contribution in [-0.4, -0.2) is 18.6 Å². The summed E-state index contributed by atoms with van der Waals surface area (Å²) in [6.07, 6.45) is -1.73. The van der Waals surface area contributed by atoms with Gasteiger partial charge in [0, 0.05) is 5.41 Å². The molecule has 0 aromatic heterocycles. The smallest absolute Gasteiger partial charge is 0.236 e. The van der Waals surface area contributed by atoms with E-state index in [9.17, 15) is 8.78 Å². The molecule has 0 saturated carbocycles. The molecule has 10 heavy (non-hydrogen) atoms. The van der Waals surface area contributed by atoms with E-state index >= 15 is 0 Å². The molecule has 0 bridgehead atoms. The monoisotopic (exact) mass is 150 g/mol. The van der Waals surface area contributed by atoms with Gasteiger partial charge in [-0.25, -0.2) is 8.78 Å². The number of hydrogen-bond acceptors (Lipinski definition) is 1. The van der Waals surface area contributed by atoms with Gasteiger partial charge >= 0.3 is 0 Å². The van der Waals surface area contributed by atoms with Crippen molar-refractivity contribution in [3.8, 4) is 0 Å². The third-order valence-corrected chi connectivity index (χ3v) is 2.05. The Morgan fingerprint density at radius 2 is 2.00 bits per heavy atom. The van der Waals surface area contributed by atoms with Crippen molar-refractivity contribution in [2.24, 2.45) is 5.41 Å². The van der Waals surface area contributed by atoms with Gasteiger partial charge < -0.3 is 4.74 Å². The van der Waals surface area contributed by atoms with Crippen LogP contribution in [0.15, 0.2) is 0 Å². The van der Waals surface area contributed by atoms with E-state index < -0.39 is 17.4 Å². The maximum Gasteiger partial charge on any atom is 0.236 e. The van der Waals surface area contributed by atoms with E-state index in [0.717, 1.165) is 0 Å². The summed E-state index contributed by atoms with van der Waals surface area (Å²) in [5.74, 6) is 0. The molecular weight excluding hydrogens is 138 g/mol. The fourth-order valence-corrected chi connectivity index (χ4v) is 0.850. The van der Waals surface area contributed by atoms with E-state index in [1.807, 2.05) is 0 Å². The minimum Gasteiger partial charge on any atom is -0.342 e. The van der Waals surface area contributed by atoms with Crippen LogP contribution in [0, 0.1) is 5.41 Å². The van der Waals surface area contributed by atoms with Crippen molar-refractivity contribution in [2.45, 2.75) is 32.8 Å². The van der Waals surface area contributed by atoms with E-state index in [0.29, 0.717) is 0 Å². The number of halogens is 2. The Balaban J connectivity index is 2.70. The molecule has 0 aromatic rings. The first kappa shape index (κ1) is 7.92. The molecule has 0 aromatic carbocycles. The fraction of sp³-hybridized carbons (Fsp3) is 1.00. The van der Waals surface area contributed by atoms with Crippen molar-refractivity contribution in [1.29, 1.82) is 0 Å². The lowest BCUT2D eigenvalue weighted by molar-refractivity contribution is -0.291. The molecule has 1 nitrogen and oxygen atoms in total. The van der Waals surface area contributed by atoms with Crippen LogP contribution in [0.4, 0.5) is 8.78 Å². The standard InChI is InChI=1S/C7H12F2O/c1-6(2,3)7(9)4-10-5(7)8/h5H,4H2,1-3H3. The molecule has 3 heteroatoms. The van der Waals surface area contributed by atoms with E-state index in [1.165, 1.54) is 0 Å². The van der Waals surface area contributed by atoms with Crippen LogP contribution in [0.2, 0.25) is 0 Å². The zero-order valence-corrected chi connectivity index (χ0v) is 6.45. The lowest BCUT2D eigenvalue weighted by atomic mass is 9.76. The van der Waals surface area contributed by atoms with E-state index in [4.69, 9.17) is 0 Å². The Morgan fingerprint density at radius 1 is 1.50 bits per heavy atom. The summed E-state index contributed by atoms with van der Waals surface area (Å²) in [5.41, 5.74) is -2.43. The molecule has 1 aliphatic heterocycles. The van der Waals surface area contributed by atoms with Gasteiger partial charge in [0.25, 0.3) is 0 Å². The van der Waals surface area contributed by atoms with Crippen LogP contribution in [-0.2, 0) is 4.74 Å². The van der Waals surface area contributed by atoms with E-state index in [2.05, 4.69) is 4.74 Å². The molecule has 1 saturated heterocycles. The van der Waals surface area contributed by atoms with Crippen molar-refractivity contribution in [1.82, 2.24) is 0 Å². The summed E-state index contributed by atoms with van der Waals surface area (Å²) in [7, 11) is 0. The molecule has 0 radical (unpaired) electrons. The summed E-state index contributed by atoms with van der Waals surface area (Å²) < 4.78 is 30.1. The van der Waals surface area contributed by atoms with Crippen molar-refractivity contribution in [3.63, 3.8) is 0 Å². The molecule has 2 unspecified atom stereocenters. The maximum atomic E-state index is 13.3. The average Bonchev–Trinajstić information content (AvgIpc) is 1.80. The highest BCUT2D eigenvalue weighted by Crippen LogP contribution is 2.45. The Hall–Kier alpha value is -0.180. The quantitative estimate of drug-likeness (QED) is 0.513. The normalized spacial score (nSPS) is 41.1. The Kier molecular flexibility index (Phi) is 1.51. The second-order valence-corrected chi connectivity index (χ2v) is 3.74. The molecule has 2 atom stereocenters. The summed E-state index contributed by atoms with van der Waals surface area (Å²) >= 11 is 0. The van der Waals surface area contributed by atoms with Crippen molar-refractivity contribution < 1.29 is 13.5 Å². The van der Waals surface area contributed by atoms with Crippen molar-refractivity contribution in [2.75, 3.05) is 6.61 Å². The Morgan fingerprint density at radius 3 is 2.00 bits per heavy atom. The van der Waals surface area contributed by atoms with Crippen LogP contribution in [0.3, 0.4) is 0 Å². The van der Waals surface area contributed by atoms with E-state index in [-0.39, 0.29) is 6.61 Å². The fourth-order valence-electron chi connectivity index (χ4n) is 0.850. The first-order valence-corrected chi connectivity index (χ1v) is 3.32. The molecule has 0 aliphatic carbocycles. The highest BCUT2D eigenvalue weighted by atomic mass is 19.2. The average molecular weight is 150 g/mol. The van der Waals surface area contributed by atoms with Crippen LogP contribution < -0.4 is 0 Å². The van der Waals surface area contributed by atoms with Crippen LogP contribution in [0.5, 0.6) is 0 Å². The van der Waals surface area contributed by atoms with Crippen LogP contribution >= 0.6 is 0 Å². The molecule has 0 spiro atoms. The minimum absolute atomic E-state index is 0.113. The zero-order chi connectivity index (χ0) is 7.99. The van der Waals surface area contributed by atoms with Gasteiger partial charge in [-0.3, -0.25) is 0 Å². The molecule has 1 aliphatic rings. The summed E-state index contributed by atoms with van der Waals surface area (Å²) in [4.78, 5) is 0. The first-order chi connectivity index (χ1) is 4.38. The molecular formula is C7H12F2O. The molecule has 1 rings (SSSR count). The van der Waals surface area contributed by atoms with Gasteiger partial charge in [0.05, 0.1) is 6.61 Å². The van der Waals surface area contributed by atoms with Gasteiger partial charge in [0.2, 0.25) is 6.36 Å². The first-order valence-electron chi connectivity index (χ1n) is 3.32. The molecule has 60 valence electrons. The van der Waals surface area contributed by atoms with Crippen LogP contribution in [0.1, 0.15) is 20.8 Å². The number of hydrogen-bond donors (Lipinski definition) is 0. The maximum absolute atomic E-state index is 13.3. The van der Waals surface area contributed by atoms with Gasteiger partial charge in [-0.05, 0) is 0 Å². The topological polar surface area (TPSA) is 9.23 Å². The Bertz CT molecular complexity index is 141. The third-order valence-electron chi connectivity index (χ3n) is 2.05. The molecule has 0 N–H and O–H groups in total. The number of rotatable bonds is 0. The van der Waals surface area contributed by atoms with Gasteiger partial charge in [-0.1, -0.05) is 20.8 Å². The van der Waals surface area contributed by atoms with E-state index in [1.54, 1.807) is 20.8 Å². The third kappa shape index (κ3) is 0.839. The molecule has 1 heterocycles. The summed E-state index contributed by atoms with van der Waals surface area (Å²) in [6.45, 7) is 4.89. The second kappa shape index (κ2) is 1.91. The van der Waals surface area contributed by atoms with Crippen molar-refractivity contribution in [3.05, 3.63) is 0 Å². The lowest BCUT2D eigenvalue weighted by Gasteiger charge is -2.46. The predicted molar refractivity (Wildman–Crippen MR) is 34.1 cm³/mol. The summed E-state index contributed by atoms with van der Waals surface area (Å²) in [6, 6.07) is 0. The SMILES string of the molecule is CC(C)(C)C1(F)COC1F. The Labute approximate surface area is 59.4 Å². The molecule has 0 amide bonds. The largest absolute Gasteiger partial charge is 0.342 e. The number of ether oxygens (including phenoxy) is 1. The van der Waals surface area contributed by atoms with Gasteiger partial charge in [-0.2, -0.15) is 0 Å². The number of alkyl halides is 2. The van der Waals surface area contributed by atoms with Gasteiger partial charge in [0.15, 0.2) is 5.67 Å². The van der Waals surface area contributed by atoms with Crippen molar-refractivity contribution >= 4 is 0 Å². The van der Waals surface area contributed by atoms with Gasteiger partial charge in [-0.15, -0.1) is 0 Å². The lowest BCUT2D eigenvalue weighted by Crippen LogP contribution is -2.60. The molecule has 1 fully saturated rings. The minimum atomic E-state index is -1.77. The summed E-state index contributed by atoms with van der Waals surface area (Å²) in [5, 5.41) is 0. The van der Waals surface area contributed by atoms with Gasteiger partial charge in [0.1, 0.15) is 0 Å². The highest BCUT2D eigenvalue weighted by molar-refractivity contribution is 4.99. The van der Waals surface area contributed by atoms with Crippen LogP contribution in [0.25, 0.3) is 0 Å². The second-order valence-electron chi connectivity index (χ2n) is 3.74. The predicted octanol–water partition coefficient (Wildman–Crippen LogP) is 2.07. The zero-order valence-electron chi connectivity index (χ0n) is 6.45. The highest BCUT2D eigenvalue weighted by Gasteiger charge is 2.58.